The maximum Gasteiger partial charge on any atom is 0.179 e. The van der Waals surface area contributed by atoms with E-state index in [0.29, 0.717) is 11.8 Å². The van der Waals surface area contributed by atoms with E-state index in [1.807, 2.05) is 0 Å². The van der Waals surface area contributed by atoms with E-state index in [1.54, 1.807) is 11.3 Å². The lowest BCUT2D eigenvalue weighted by molar-refractivity contribution is 0.856. The largest absolute Gasteiger partial charge is 0.241 e. The van der Waals surface area contributed by atoms with E-state index in [4.69, 9.17) is 4.98 Å². The van der Waals surface area contributed by atoms with E-state index >= 15 is 0 Å². The number of tetrazole rings is 1. The molecule has 0 atom stereocenters. The van der Waals surface area contributed by atoms with Crippen molar-refractivity contribution in [1.29, 1.82) is 0 Å². The van der Waals surface area contributed by atoms with Gasteiger partial charge in [-0.15, -0.1) is 16.4 Å². The third-order valence-electron chi connectivity index (χ3n) is 3.67. The van der Waals surface area contributed by atoms with Crippen molar-refractivity contribution in [2.24, 2.45) is 0 Å². The molecule has 0 radical (unpaired) electrons. The lowest BCUT2D eigenvalue weighted by Crippen LogP contribution is -1.89. The highest BCUT2D eigenvalue weighted by Crippen LogP contribution is 2.45. The number of nitrogens with zero attached hydrogens (tertiary/aromatic N) is 4. The highest BCUT2D eigenvalue weighted by molar-refractivity contribution is 7.18. The van der Waals surface area contributed by atoms with Gasteiger partial charge in [0.05, 0.1) is 15.2 Å². The van der Waals surface area contributed by atoms with Crippen molar-refractivity contribution in [1.82, 2.24) is 25.6 Å². The van der Waals surface area contributed by atoms with E-state index in [1.165, 1.54) is 33.6 Å². The van der Waals surface area contributed by atoms with Gasteiger partial charge in [0.1, 0.15) is 0 Å². The second-order valence-corrected chi connectivity index (χ2v) is 6.71. The molecule has 2 aromatic heterocycles. The number of fused-ring (bicyclic) bond motifs is 1. The van der Waals surface area contributed by atoms with Gasteiger partial charge in [0, 0.05) is 11.5 Å². The zero-order valence-electron chi connectivity index (χ0n) is 11.4. The molecule has 0 amide bonds. The molecular weight excluding hydrogens is 270 g/mol. The first-order valence-electron chi connectivity index (χ1n) is 6.91. The number of H-pyrrole nitrogens is 1. The highest BCUT2D eigenvalue weighted by Gasteiger charge is 2.28. The minimum absolute atomic E-state index is 0.467. The molecule has 0 unspecified atom stereocenters. The molecule has 1 aliphatic carbocycles. The molecule has 20 heavy (non-hydrogen) atoms. The van der Waals surface area contributed by atoms with Crippen LogP contribution in [0.15, 0.2) is 12.1 Å². The Bertz CT molecular complexity index is 755. The number of rotatable bonds is 3. The maximum atomic E-state index is 4.85. The molecule has 1 N–H and O–H groups in total. The lowest BCUT2D eigenvalue weighted by Gasteiger charge is -2.03. The number of hydrogen-bond donors (Lipinski definition) is 1. The maximum absolute atomic E-state index is 4.85. The van der Waals surface area contributed by atoms with Gasteiger partial charge in [-0.3, -0.25) is 0 Å². The molecule has 0 bridgehead atoms. The molecule has 0 spiro atoms. The molecule has 6 heteroatoms. The first-order valence-corrected chi connectivity index (χ1v) is 7.72. The van der Waals surface area contributed by atoms with Crippen LogP contribution in [0.1, 0.15) is 49.1 Å². The standard InChI is InChI=1S/C14H15N5S/c1-7(2)14-15-12-10(8-3-4-8)5-9(6-11(12)20-14)13-16-18-19-17-13/h5-8H,3-4H2,1-2H3,(H,16,17,18,19). The number of benzene rings is 1. The van der Waals surface area contributed by atoms with Crippen LogP contribution in [-0.2, 0) is 0 Å². The topological polar surface area (TPSA) is 67.3 Å². The predicted octanol–water partition coefficient (Wildman–Crippen LogP) is 3.48. The summed E-state index contributed by atoms with van der Waals surface area (Å²) in [5, 5.41) is 15.4. The minimum atomic E-state index is 0.467. The fourth-order valence-electron chi connectivity index (χ4n) is 2.44. The third-order valence-corrected chi connectivity index (χ3v) is 4.97. The molecule has 5 nitrogen and oxygen atoms in total. The highest BCUT2D eigenvalue weighted by atomic mass is 32.1. The Morgan fingerprint density at radius 1 is 1.30 bits per heavy atom. The third kappa shape index (κ3) is 1.91. The van der Waals surface area contributed by atoms with Crippen LogP contribution in [0.3, 0.4) is 0 Å². The Kier molecular flexibility index (Phi) is 2.60. The summed E-state index contributed by atoms with van der Waals surface area (Å²) >= 11 is 1.78. The number of aromatic nitrogens is 5. The molecule has 0 aliphatic heterocycles. The molecule has 1 aliphatic rings. The zero-order valence-corrected chi connectivity index (χ0v) is 12.2. The molecule has 2 heterocycles. The van der Waals surface area contributed by atoms with Crippen LogP contribution in [-0.4, -0.2) is 25.6 Å². The molecule has 1 fully saturated rings. The van der Waals surface area contributed by atoms with Crippen LogP contribution in [0.5, 0.6) is 0 Å². The van der Waals surface area contributed by atoms with Crippen molar-refractivity contribution in [2.45, 2.75) is 38.5 Å². The summed E-state index contributed by atoms with van der Waals surface area (Å²) in [4.78, 5) is 4.85. The van der Waals surface area contributed by atoms with E-state index in [9.17, 15) is 0 Å². The van der Waals surface area contributed by atoms with Crippen molar-refractivity contribution in [3.63, 3.8) is 0 Å². The SMILES string of the molecule is CC(C)c1nc2c(C3CC3)cc(-c3nnn[nH]3)cc2s1. The van der Waals surface area contributed by atoms with E-state index in [-0.39, 0.29) is 0 Å². The Balaban J connectivity index is 1.95. The average molecular weight is 285 g/mol. The summed E-state index contributed by atoms with van der Waals surface area (Å²) in [6.07, 6.45) is 2.53. The number of aromatic amines is 1. The molecule has 1 aromatic carbocycles. The van der Waals surface area contributed by atoms with Gasteiger partial charge in [0.15, 0.2) is 5.82 Å². The van der Waals surface area contributed by atoms with E-state index < -0.39 is 0 Å². The van der Waals surface area contributed by atoms with Gasteiger partial charge in [-0.1, -0.05) is 13.8 Å². The molecular formula is C14H15N5S. The summed E-state index contributed by atoms with van der Waals surface area (Å²) in [6.45, 7) is 4.38. The molecule has 1 saturated carbocycles. The zero-order chi connectivity index (χ0) is 13.7. The Morgan fingerprint density at radius 2 is 2.15 bits per heavy atom. The summed E-state index contributed by atoms with van der Waals surface area (Å²) in [6, 6.07) is 4.35. The number of nitrogens with one attached hydrogen (secondary N) is 1. The summed E-state index contributed by atoms with van der Waals surface area (Å²) in [7, 11) is 0. The van der Waals surface area contributed by atoms with Gasteiger partial charge in [-0.25, -0.2) is 10.1 Å². The Labute approximate surface area is 120 Å². The molecule has 3 aromatic rings. The first-order chi connectivity index (χ1) is 9.72. The van der Waals surface area contributed by atoms with Gasteiger partial charge in [-0.2, -0.15) is 0 Å². The fraction of sp³-hybridized carbons (Fsp3) is 0.429. The van der Waals surface area contributed by atoms with Crippen LogP contribution in [0.25, 0.3) is 21.6 Å². The monoisotopic (exact) mass is 285 g/mol. The van der Waals surface area contributed by atoms with E-state index in [2.05, 4.69) is 46.6 Å². The van der Waals surface area contributed by atoms with Gasteiger partial charge >= 0.3 is 0 Å². The summed E-state index contributed by atoms with van der Waals surface area (Å²) < 4.78 is 1.24. The molecule has 4 rings (SSSR count). The fourth-order valence-corrected chi connectivity index (χ4v) is 3.49. The van der Waals surface area contributed by atoms with Crippen molar-refractivity contribution >= 4 is 21.6 Å². The average Bonchev–Trinajstić information content (AvgIpc) is 2.97. The Hall–Kier alpha value is -1.82. The van der Waals surface area contributed by atoms with Gasteiger partial charge in [0.2, 0.25) is 0 Å². The summed E-state index contributed by atoms with van der Waals surface area (Å²) in [5.74, 6) is 1.86. The molecule has 102 valence electrons. The Morgan fingerprint density at radius 3 is 2.80 bits per heavy atom. The minimum Gasteiger partial charge on any atom is -0.241 e. The van der Waals surface area contributed by atoms with Crippen molar-refractivity contribution in [3.05, 3.63) is 22.7 Å². The van der Waals surface area contributed by atoms with Crippen molar-refractivity contribution in [3.8, 4) is 11.4 Å². The molecule has 0 saturated heterocycles. The van der Waals surface area contributed by atoms with Crippen molar-refractivity contribution in [2.75, 3.05) is 0 Å². The van der Waals surface area contributed by atoms with Crippen LogP contribution in [0.4, 0.5) is 0 Å². The number of hydrogen-bond acceptors (Lipinski definition) is 5. The van der Waals surface area contributed by atoms with E-state index in [0.717, 1.165) is 11.4 Å². The summed E-state index contributed by atoms with van der Waals surface area (Å²) in [5.41, 5.74) is 3.60. The van der Waals surface area contributed by atoms with Crippen LogP contribution < -0.4 is 0 Å². The lowest BCUT2D eigenvalue weighted by atomic mass is 10.1. The van der Waals surface area contributed by atoms with Crippen molar-refractivity contribution < 1.29 is 0 Å². The first kappa shape index (κ1) is 12.0. The number of thiazole rings is 1. The van der Waals surface area contributed by atoms with Crippen LogP contribution in [0.2, 0.25) is 0 Å². The smallest absolute Gasteiger partial charge is 0.179 e. The van der Waals surface area contributed by atoms with Gasteiger partial charge in [0.25, 0.3) is 0 Å². The second-order valence-electron chi connectivity index (χ2n) is 5.64. The van der Waals surface area contributed by atoms with Gasteiger partial charge in [-0.05, 0) is 46.9 Å². The van der Waals surface area contributed by atoms with Crippen LogP contribution >= 0.6 is 11.3 Å². The second kappa shape index (κ2) is 4.34. The van der Waals surface area contributed by atoms with Crippen LogP contribution in [0, 0.1) is 0 Å². The quantitative estimate of drug-likeness (QED) is 0.800. The normalized spacial score (nSPS) is 15.3. The van der Waals surface area contributed by atoms with Gasteiger partial charge < -0.3 is 0 Å². The predicted molar refractivity (Wildman–Crippen MR) is 78.9 cm³/mol.